The van der Waals surface area contributed by atoms with Crippen molar-refractivity contribution in [3.05, 3.63) is 91.8 Å². The van der Waals surface area contributed by atoms with Crippen LogP contribution in [0, 0.1) is 27.7 Å². The Bertz CT molecular complexity index is 936. The zero-order valence-corrected chi connectivity index (χ0v) is 22.1. The summed E-state index contributed by atoms with van der Waals surface area (Å²) in [7, 11) is -1.14. The summed E-state index contributed by atoms with van der Waals surface area (Å²) in [6, 6.07) is 8.51. The predicted molar refractivity (Wildman–Crippen MR) is 139 cm³/mol. The number of aryl methyl sites for hydroxylation is 4. The molecule has 2 aromatic rings. The maximum atomic E-state index is 10.6. The Morgan fingerprint density at radius 1 is 0.833 bits per heavy atom. The Labute approximate surface area is 197 Å². The van der Waals surface area contributed by atoms with Crippen LogP contribution in [-0.2, 0) is 0 Å². The third kappa shape index (κ3) is 4.26. The van der Waals surface area contributed by atoms with Gasteiger partial charge in [0.2, 0.25) is 0 Å². The van der Waals surface area contributed by atoms with E-state index < -0.39 is 7.92 Å². The Balaban J connectivity index is 2.23. The van der Waals surface area contributed by atoms with Crippen LogP contribution in [0.1, 0.15) is 29.2 Å². The van der Waals surface area contributed by atoms with Crippen LogP contribution in [0.25, 0.3) is 0 Å². The number of aliphatic hydroxyl groups is 1. The molecule has 0 fully saturated rings. The molecule has 0 saturated heterocycles. The standard InChI is InChI=1S/C24H27Br2N2OP/c1-14(2)30(19(7)29)24-27(22-15(3)10-20(25)11-16(22)4)8-9-28(24)23-17(5)12-21(26)13-18(23)6/h8-13,24,29H,1,7H2,2-6H3. The van der Waals surface area contributed by atoms with E-state index in [1.54, 1.807) is 0 Å². The maximum absolute atomic E-state index is 10.6. The van der Waals surface area contributed by atoms with Gasteiger partial charge in [0, 0.05) is 40.6 Å². The number of aliphatic hydroxyl groups excluding tert-OH is 1. The van der Waals surface area contributed by atoms with Crippen molar-refractivity contribution in [1.82, 2.24) is 0 Å². The molecule has 2 aromatic carbocycles. The smallest absolute Gasteiger partial charge is 0.140 e. The van der Waals surface area contributed by atoms with E-state index in [4.69, 9.17) is 0 Å². The third-order valence-electron chi connectivity index (χ3n) is 5.23. The Hall–Kier alpha value is -1.55. The van der Waals surface area contributed by atoms with Gasteiger partial charge in [0.15, 0.2) is 0 Å². The Morgan fingerprint density at radius 3 is 1.43 bits per heavy atom. The lowest BCUT2D eigenvalue weighted by atomic mass is 10.1. The summed E-state index contributed by atoms with van der Waals surface area (Å²) in [5.41, 5.74) is 7.14. The van der Waals surface area contributed by atoms with E-state index in [1.165, 1.54) is 22.3 Å². The summed E-state index contributed by atoms with van der Waals surface area (Å²) >= 11 is 7.21. The molecule has 3 rings (SSSR count). The second-order valence-corrected chi connectivity index (χ2v) is 12.1. The number of benzene rings is 2. The van der Waals surface area contributed by atoms with Crippen LogP contribution in [0.4, 0.5) is 11.4 Å². The molecule has 30 heavy (non-hydrogen) atoms. The molecule has 0 saturated carbocycles. The monoisotopic (exact) mass is 548 g/mol. The van der Waals surface area contributed by atoms with Gasteiger partial charge in [-0.25, -0.2) is 0 Å². The van der Waals surface area contributed by atoms with Gasteiger partial charge in [-0.05, 0) is 86.5 Å². The molecule has 0 bridgehead atoms. The topological polar surface area (TPSA) is 26.7 Å². The highest BCUT2D eigenvalue weighted by atomic mass is 79.9. The molecule has 1 atom stereocenters. The lowest BCUT2D eigenvalue weighted by Gasteiger charge is -2.40. The van der Waals surface area contributed by atoms with Gasteiger partial charge >= 0.3 is 0 Å². The van der Waals surface area contributed by atoms with Crippen molar-refractivity contribution in [3.8, 4) is 0 Å². The van der Waals surface area contributed by atoms with Crippen molar-refractivity contribution in [2.45, 2.75) is 40.5 Å². The number of hydrogen-bond acceptors (Lipinski definition) is 3. The summed E-state index contributed by atoms with van der Waals surface area (Å²) in [6.07, 6.45) is 4.21. The lowest BCUT2D eigenvalue weighted by molar-refractivity contribution is 0.454. The highest BCUT2D eigenvalue weighted by molar-refractivity contribution is 9.10. The average Bonchev–Trinajstić information content (AvgIpc) is 2.96. The molecule has 1 N–H and O–H groups in total. The van der Waals surface area contributed by atoms with Crippen LogP contribution in [0.3, 0.4) is 0 Å². The fourth-order valence-corrected chi connectivity index (χ4v) is 7.59. The van der Waals surface area contributed by atoms with Crippen LogP contribution in [-0.4, -0.2) is 11.0 Å². The Morgan fingerprint density at radius 2 is 1.17 bits per heavy atom. The summed E-state index contributed by atoms with van der Waals surface area (Å²) in [4.78, 5) is 4.53. The first kappa shape index (κ1) is 23.1. The van der Waals surface area contributed by atoms with Gasteiger partial charge < -0.3 is 14.9 Å². The fraction of sp³-hybridized carbons (Fsp3) is 0.250. The SMILES string of the molecule is C=C(C)P(C(=C)O)C1N(c2c(C)cc(Br)cc2C)C=CN1c1c(C)cc(Br)cc1C. The van der Waals surface area contributed by atoms with E-state index in [0.717, 1.165) is 25.6 Å². The Kier molecular flexibility index (Phi) is 6.86. The number of allylic oxidation sites excluding steroid dienone is 1. The van der Waals surface area contributed by atoms with Crippen molar-refractivity contribution >= 4 is 51.2 Å². The van der Waals surface area contributed by atoms with E-state index in [0.29, 0.717) is 0 Å². The van der Waals surface area contributed by atoms with Crippen LogP contribution in [0.2, 0.25) is 0 Å². The van der Waals surface area contributed by atoms with Gasteiger partial charge in [-0.3, -0.25) is 0 Å². The van der Waals surface area contributed by atoms with E-state index in [9.17, 15) is 5.11 Å². The minimum atomic E-state index is -1.14. The predicted octanol–water partition coefficient (Wildman–Crippen LogP) is 8.57. The lowest BCUT2D eigenvalue weighted by Crippen LogP contribution is -2.39. The molecule has 1 unspecified atom stereocenters. The first-order valence-corrected chi connectivity index (χ1v) is 12.6. The van der Waals surface area contributed by atoms with Crippen molar-refractivity contribution < 1.29 is 5.11 Å². The van der Waals surface area contributed by atoms with Crippen LogP contribution in [0.5, 0.6) is 0 Å². The molecule has 0 aliphatic carbocycles. The molecule has 6 heteroatoms. The van der Waals surface area contributed by atoms with Crippen molar-refractivity contribution in [2.24, 2.45) is 0 Å². The highest BCUT2D eigenvalue weighted by Crippen LogP contribution is 2.59. The van der Waals surface area contributed by atoms with Gasteiger partial charge in [-0.15, -0.1) is 0 Å². The number of nitrogens with zero attached hydrogens (tertiary/aromatic N) is 2. The summed E-state index contributed by atoms with van der Waals surface area (Å²) < 4.78 is 2.12. The molecule has 0 spiro atoms. The molecule has 0 amide bonds. The van der Waals surface area contributed by atoms with Gasteiger partial charge in [-0.1, -0.05) is 45.0 Å². The first-order valence-electron chi connectivity index (χ1n) is 9.64. The minimum absolute atomic E-state index is 0.146. The van der Waals surface area contributed by atoms with Gasteiger partial charge in [-0.2, -0.15) is 0 Å². The molecular formula is C24H27Br2N2OP. The quantitative estimate of drug-likeness (QED) is 0.299. The third-order valence-corrected chi connectivity index (χ3v) is 8.49. The molecule has 1 aliphatic rings. The first-order chi connectivity index (χ1) is 14.0. The second kappa shape index (κ2) is 8.90. The minimum Gasteiger partial charge on any atom is -0.508 e. The molecule has 3 nitrogen and oxygen atoms in total. The zero-order valence-electron chi connectivity index (χ0n) is 18.0. The zero-order chi connectivity index (χ0) is 22.3. The van der Waals surface area contributed by atoms with E-state index in [-0.39, 0.29) is 11.4 Å². The largest absolute Gasteiger partial charge is 0.508 e. The molecule has 158 valence electrons. The summed E-state index contributed by atoms with van der Waals surface area (Å²) in [5.74, 6) is -0.146. The normalized spacial score (nSPS) is 15.0. The van der Waals surface area contributed by atoms with E-state index in [2.05, 4.69) is 119 Å². The van der Waals surface area contributed by atoms with Gasteiger partial charge in [0.25, 0.3) is 0 Å². The molecule has 0 radical (unpaired) electrons. The van der Waals surface area contributed by atoms with Crippen molar-refractivity contribution in [1.29, 1.82) is 0 Å². The average molecular weight is 550 g/mol. The number of halogens is 2. The molecule has 0 aromatic heterocycles. The van der Waals surface area contributed by atoms with Crippen LogP contribution in [0.15, 0.2) is 69.6 Å². The van der Waals surface area contributed by atoms with E-state index in [1.807, 2.05) is 6.92 Å². The van der Waals surface area contributed by atoms with Crippen LogP contribution < -0.4 is 9.80 Å². The fourth-order valence-electron chi connectivity index (χ4n) is 4.23. The van der Waals surface area contributed by atoms with Crippen molar-refractivity contribution in [2.75, 3.05) is 9.80 Å². The van der Waals surface area contributed by atoms with Crippen molar-refractivity contribution in [3.63, 3.8) is 0 Å². The number of hydrogen-bond donors (Lipinski definition) is 1. The van der Waals surface area contributed by atoms with Crippen LogP contribution >= 0.6 is 39.8 Å². The summed E-state index contributed by atoms with van der Waals surface area (Å²) in [5, 5.41) is 11.5. The molecule has 1 aliphatic heterocycles. The number of anilines is 2. The van der Waals surface area contributed by atoms with Gasteiger partial charge in [0.1, 0.15) is 11.4 Å². The molecule has 1 heterocycles. The number of rotatable bonds is 5. The summed E-state index contributed by atoms with van der Waals surface area (Å²) in [6.45, 7) is 18.6. The van der Waals surface area contributed by atoms with Gasteiger partial charge in [0.05, 0.1) is 0 Å². The van der Waals surface area contributed by atoms with E-state index >= 15 is 0 Å². The second-order valence-electron chi connectivity index (χ2n) is 7.76. The maximum Gasteiger partial charge on any atom is 0.140 e. The molecular weight excluding hydrogens is 523 g/mol. The highest BCUT2D eigenvalue weighted by Gasteiger charge is 2.39.